The molecule has 7 rings (SSSR count). The Morgan fingerprint density at radius 1 is 0.843 bits per heavy atom. The second kappa shape index (κ2) is 14.6. The van der Waals surface area contributed by atoms with Crippen LogP contribution in [0.5, 0.6) is 0 Å². The Bertz CT molecular complexity index is 2160. The molecule has 1 aliphatic rings. The van der Waals surface area contributed by atoms with Crippen LogP contribution >= 0.6 is 0 Å². The van der Waals surface area contributed by atoms with Crippen molar-refractivity contribution in [1.82, 2.24) is 19.5 Å². The second-order valence-electron chi connectivity index (χ2n) is 13.1. The quantitative estimate of drug-likeness (QED) is 0.122. The number of nitrogens with zero attached hydrogens (tertiary/aromatic N) is 4. The third kappa shape index (κ3) is 7.52. The van der Waals surface area contributed by atoms with Gasteiger partial charge in [0.15, 0.2) is 0 Å². The van der Waals surface area contributed by atoms with Gasteiger partial charge in [0.1, 0.15) is 42.9 Å². The summed E-state index contributed by atoms with van der Waals surface area (Å²) < 4.78 is 12.5. The Morgan fingerprint density at radius 2 is 1.53 bits per heavy atom. The van der Waals surface area contributed by atoms with E-state index < -0.39 is 35.9 Å². The Kier molecular flexibility index (Phi) is 9.60. The summed E-state index contributed by atoms with van der Waals surface area (Å²) in [6, 6.07) is 29.8. The first-order chi connectivity index (χ1) is 24.8. The van der Waals surface area contributed by atoms with Gasteiger partial charge in [-0.1, -0.05) is 73.7 Å². The molecule has 4 N–H and O–H groups in total. The van der Waals surface area contributed by atoms with E-state index in [0.717, 1.165) is 27.6 Å². The number of aryl methyl sites for hydroxylation is 1. The monoisotopic (exact) mass is 686 g/mol. The van der Waals surface area contributed by atoms with E-state index in [-0.39, 0.29) is 13.2 Å². The zero-order valence-corrected chi connectivity index (χ0v) is 28.0. The van der Waals surface area contributed by atoms with Gasteiger partial charge in [0, 0.05) is 11.6 Å². The van der Waals surface area contributed by atoms with Gasteiger partial charge in [0.05, 0.1) is 23.0 Å². The second-order valence-corrected chi connectivity index (χ2v) is 13.1. The number of anilines is 2. The molecule has 3 heterocycles. The van der Waals surface area contributed by atoms with Gasteiger partial charge >= 0.3 is 12.2 Å². The van der Waals surface area contributed by atoms with Crippen molar-refractivity contribution < 1.29 is 29.3 Å². The minimum atomic E-state index is -1.03. The lowest BCUT2D eigenvalue weighted by molar-refractivity contribution is -0.0241. The lowest BCUT2D eigenvalue weighted by Crippen LogP contribution is -2.35. The summed E-state index contributed by atoms with van der Waals surface area (Å²) in [5.41, 5.74) is 3.49. The highest BCUT2D eigenvalue weighted by atomic mass is 16.6. The topological polar surface area (TPSA) is 161 Å². The molecule has 1 saturated carbocycles. The molecule has 0 unspecified atom stereocenters. The van der Waals surface area contributed by atoms with Gasteiger partial charge in [-0.3, -0.25) is 10.6 Å². The van der Waals surface area contributed by atoms with Crippen molar-refractivity contribution in [3.63, 3.8) is 0 Å². The van der Waals surface area contributed by atoms with Crippen LogP contribution in [0, 0.1) is 5.41 Å². The number of amides is 2. The summed E-state index contributed by atoms with van der Waals surface area (Å²) in [6.07, 6.45) is 1.74. The van der Waals surface area contributed by atoms with Gasteiger partial charge in [0.2, 0.25) is 0 Å². The number of fused-ring (bicyclic) bond motifs is 2. The van der Waals surface area contributed by atoms with Crippen LogP contribution in [0.2, 0.25) is 0 Å². The molecule has 0 spiro atoms. The van der Waals surface area contributed by atoms with Crippen molar-refractivity contribution in [2.24, 2.45) is 5.41 Å². The standard InChI is InChI=1S/C39H38N6O6/c1-39(18-16-25-12-14-30-28(20-25)13-15-32(42-30)43-37(48)50-22-26-8-4-2-5-9-26)21-31(33(46)34(39)47)45-19-17-29-35(40-24-41-36(29)45)44-38(49)51-23-27-10-6-3-7-11-27/h2-15,17,19-20,24,31,33-34,46-47H,16,18,21-23H2,1H3,(H,42,43,48)(H,40,41,44,49)/t31-,33+,34+,39+/m1/s1. The Morgan fingerprint density at radius 3 is 2.24 bits per heavy atom. The van der Waals surface area contributed by atoms with Gasteiger partial charge in [-0.2, -0.15) is 0 Å². The Labute approximate surface area is 294 Å². The van der Waals surface area contributed by atoms with Gasteiger partial charge in [0.25, 0.3) is 0 Å². The molecule has 12 nitrogen and oxygen atoms in total. The summed E-state index contributed by atoms with van der Waals surface area (Å²) in [5.74, 6) is 0.688. The van der Waals surface area contributed by atoms with E-state index in [4.69, 9.17) is 9.47 Å². The predicted octanol–water partition coefficient (Wildman–Crippen LogP) is 6.78. The minimum Gasteiger partial charge on any atom is -0.444 e. The van der Waals surface area contributed by atoms with Crippen molar-refractivity contribution in [2.75, 3.05) is 10.6 Å². The van der Waals surface area contributed by atoms with E-state index in [9.17, 15) is 19.8 Å². The molecule has 0 aliphatic heterocycles. The number of hydrogen-bond acceptors (Lipinski definition) is 9. The molecule has 2 amide bonds. The zero-order chi connectivity index (χ0) is 35.4. The molecule has 12 heteroatoms. The first kappa shape index (κ1) is 33.6. The van der Waals surface area contributed by atoms with E-state index in [2.05, 4.69) is 25.6 Å². The summed E-state index contributed by atoms with van der Waals surface area (Å²) in [5, 5.41) is 29.5. The van der Waals surface area contributed by atoms with Crippen molar-refractivity contribution >= 4 is 45.8 Å². The van der Waals surface area contributed by atoms with Crippen molar-refractivity contribution in [1.29, 1.82) is 0 Å². The lowest BCUT2D eigenvalue weighted by Gasteiger charge is -2.28. The highest BCUT2D eigenvalue weighted by Gasteiger charge is 2.50. The molecule has 6 aromatic rings. The molecule has 1 aliphatic carbocycles. The number of nitrogens with one attached hydrogen (secondary N) is 2. The fourth-order valence-electron chi connectivity index (χ4n) is 6.74. The third-order valence-corrected chi connectivity index (χ3v) is 9.59. The highest BCUT2D eigenvalue weighted by Crippen LogP contribution is 2.48. The van der Waals surface area contributed by atoms with Crippen molar-refractivity contribution in [3.8, 4) is 0 Å². The maximum Gasteiger partial charge on any atom is 0.413 e. The van der Waals surface area contributed by atoms with Crippen LogP contribution < -0.4 is 10.6 Å². The van der Waals surface area contributed by atoms with Crippen molar-refractivity contribution in [2.45, 2.75) is 57.6 Å². The summed E-state index contributed by atoms with van der Waals surface area (Å²) in [6.45, 7) is 2.28. The average molecular weight is 687 g/mol. The molecule has 3 aromatic heterocycles. The first-order valence-corrected chi connectivity index (χ1v) is 16.8. The number of pyridine rings is 1. The third-order valence-electron chi connectivity index (χ3n) is 9.59. The molecule has 260 valence electrons. The van der Waals surface area contributed by atoms with Crippen LogP contribution in [-0.4, -0.2) is 54.1 Å². The Balaban J connectivity index is 0.977. The lowest BCUT2D eigenvalue weighted by atomic mass is 9.80. The van der Waals surface area contributed by atoms with Crippen LogP contribution in [0.25, 0.3) is 21.9 Å². The number of hydrogen-bond donors (Lipinski definition) is 4. The molecule has 51 heavy (non-hydrogen) atoms. The summed E-state index contributed by atoms with van der Waals surface area (Å²) in [7, 11) is 0. The number of aromatic nitrogens is 4. The molecule has 0 bridgehead atoms. The van der Waals surface area contributed by atoms with Crippen LogP contribution in [0.1, 0.15) is 42.5 Å². The predicted molar refractivity (Wildman–Crippen MR) is 192 cm³/mol. The molecule has 0 radical (unpaired) electrons. The molecule has 1 fully saturated rings. The largest absolute Gasteiger partial charge is 0.444 e. The number of rotatable bonds is 10. The van der Waals surface area contributed by atoms with E-state index in [1.165, 1.54) is 6.33 Å². The Hall–Kier alpha value is -5.85. The number of carbonyl (C=O) groups excluding carboxylic acids is 2. The number of benzene rings is 3. The van der Waals surface area contributed by atoms with E-state index >= 15 is 0 Å². The zero-order valence-electron chi connectivity index (χ0n) is 28.0. The smallest absolute Gasteiger partial charge is 0.413 e. The van der Waals surface area contributed by atoms with E-state index in [1.807, 2.05) is 96.4 Å². The minimum absolute atomic E-state index is 0.120. The van der Waals surface area contributed by atoms with E-state index in [1.54, 1.807) is 18.3 Å². The molecular formula is C39H38N6O6. The normalized spacial score (nSPS) is 19.9. The first-order valence-electron chi connectivity index (χ1n) is 16.8. The number of aliphatic hydroxyl groups excluding tert-OH is 2. The fraction of sp³-hybridized carbons (Fsp3) is 0.256. The van der Waals surface area contributed by atoms with Crippen molar-refractivity contribution in [3.05, 3.63) is 126 Å². The SMILES string of the molecule is C[C@]1(CCc2ccc3nc(NC(=O)OCc4ccccc4)ccc3c2)C[C@@H](n2ccc3c(NC(=O)OCc4ccccc4)ncnc32)[C@H](O)[C@@H]1O. The number of ether oxygens (including phenoxy) is 2. The van der Waals surface area contributed by atoms with Gasteiger partial charge in [-0.05, 0) is 71.7 Å². The fourth-order valence-corrected chi connectivity index (χ4v) is 6.74. The number of carbonyl (C=O) groups is 2. The van der Waals surface area contributed by atoms with Crippen LogP contribution in [0.15, 0.2) is 110 Å². The van der Waals surface area contributed by atoms with Gasteiger partial charge in [-0.25, -0.2) is 24.5 Å². The van der Waals surface area contributed by atoms with Gasteiger partial charge in [-0.15, -0.1) is 0 Å². The van der Waals surface area contributed by atoms with Crippen LogP contribution in [0.4, 0.5) is 21.2 Å². The number of aliphatic hydroxyl groups is 2. The molecular weight excluding hydrogens is 648 g/mol. The van der Waals surface area contributed by atoms with Gasteiger partial charge < -0.3 is 24.3 Å². The maximum absolute atomic E-state index is 12.6. The molecule has 0 saturated heterocycles. The average Bonchev–Trinajstić information content (AvgIpc) is 3.68. The summed E-state index contributed by atoms with van der Waals surface area (Å²) >= 11 is 0. The summed E-state index contributed by atoms with van der Waals surface area (Å²) in [4.78, 5) is 38.1. The van der Waals surface area contributed by atoms with E-state index in [0.29, 0.717) is 41.9 Å². The highest BCUT2D eigenvalue weighted by molar-refractivity contribution is 5.95. The van der Waals surface area contributed by atoms with Crippen LogP contribution in [0.3, 0.4) is 0 Å². The molecule has 3 aromatic carbocycles. The molecule has 4 atom stereocenters. The van der Waals surface area contributed by atoms with Crippen LogP contribution in [-0.2, 0) is 29.1 Å². The maximum atomic E-state index is 12.6.